The molecule has 6 nitrogen and oxygen atoms in total. The van der Waals surface area contributed by atoms with Crippen molar-refractivity contribution >= 4 is 17.6 Å². The fourth-order valence-corrected chi connectivity index (χ4v) is 2.40. The fraction of sp³-hybridized carbons (Fsp3) is 0.333. The Balaban J connectivity index is 1.82. The van der Waals surface area contributed by atoms with Crippen molar-refractivity contribution in [3.05, 3.63) is 54.1 Å². The van der Waals surface area contributed by atoms with Crippen molar-refractivity contribution in [2.45, 2.75) is 32.8 Å². The number of rotatable bonds is 11. The highest BCUT2D eigenvalue weighted by Gasteiger charge is 2.14. The second-order valence-corrected chi connectivity index (χ2v) is 6.08. The summed E-state index contributed by atoms with van der Waals surface area (Å²) >= 11 is 0. The van der Waals surface area contributed by atoms with Crippen LogP contribution >= 0.6 is 0 Å². The van der Waals surface area contributed by atoms with Gasteiger partial charge in [0.15, 0.2) is 6.61 Å². The number of anilines is 1. The minimum absolute atomic E-state index is 0.0541. The Hall–Kier alpha value is -3.16. The molecule has 0 unspecified atom stereocenters. The maximum Gasteiger partial charge on any atom is 0.387 e. The highest BCUT2D eigenvalue weighted by Crippen LogP contribution is 2.25. The van der Waals surface area contributed by atoms with Crippen molar-refractivity contribution in [2.24, 2.45) is 0 Å². The summed E-state index contributed by atoms with van der Waals surface area (Å²) in [6.45, 7) is -0.882. The van der Waals surface area contributed by atoms with Crippen LogP contribution in [0, 0.1) is 0 Å². The molecule has 2 aromatic rings. The van der Waals surface area contributed by atoms with Gasteiger partial charge in [-0.15, -0.1) is 0 Å². The van der Waals surface area contributed by atoms with Crippen LogP contribution in [0.15, 0.2) is 48.5 Å². The number of carbonyl (C=O) groups excluding carboxylic acids is 2. The van der Waals surface area contributed by atoms with Crippen LogP contribution in [0.3, 0.4) is 0 Å². The van der Waals surface area contributed by atoms with E-state index >= 15 is 0 Å². The highest BCUT2D eigenvalue weighted by molar-refractivity contribution is 5.96. The zero-order valence-electron chi connectivity index (χ0n) is 16.0. The number of nitrogens with one attached hydrogen (secondary N) is 1. The number of ether oxygens (including phenoxy) is 3. The van der Waals surface area contributed by atoms with Gasteiger partial charge in [-0.25, -0.2) is 4.79 Å². The normalized spacial score (nSPS) is 10.5. The molecule has 0 saturated heterocycles. The number of unbranched alkanes of at least 4 members (excludes halogenated alkanes) is 2. The number of esters is 1. The zero-order chi connectivity index (χ0) is 21.1. The lowest BCUT2D eigenvalue weighted by Gasteiger charge is -2.12. The summed E-state index contributed by atoms with van der Waals surface area (Å²) in [5.41, 5.74) is 0.318. The zero-order valence-corrected chi connectivity index (χ0v) is 16.0. The van der Waals surface area contributed by atoms with Gasteiger partial charge in [0.1, 0.15) is 11.5 Å². The van der Waals surface area contributed by atoms with E-state index < -0.39 is 25.1 Å². The Morgan fingerprint density at radius 2 is 1.76 bits per heavy atom. The first-order valence-corrected chi connectivity index (χ1v) is 9.23. The quantitative estimate of drug-likeness (QED) is 0.433. The van der Waals surface area contributed by atoms with Gasteiger partial charge in [0.25, 0.3) is 5.91 Å². The van der Waals surface area contributed by atoms with Gasteiger partial charge in [-0.1, -0.05) is 31.9 Å². The van der Waals surface area contributed by atoms with Crippen molar-refractivity contribution in [3.63, 3.8) is 0 Å². The molecule has 0 radical (unpaired) electrons. The van der Waals surface area contributed by atoms with Gasteiger partial charge in [-0.05, 0) is 42.8 Å². The molecule has 0 aliphatic rings. The number of para-hydroxylation sites is 2. The van der Waals surface area contributed by atoms with Crippen LogP contribution in [0.1, 0.15) is 36.5 Å². The average Bonchev–Trinajstić information content (AvgIpc) is 2.71. The van der Waals surface area contributed by atoms with Crippen LogP contribution in [0.5, 0.6) is 11.5 Å². The molecule has 1 amide bonds. The van der Waals surface area contributed by atoms with E-state index in [0.29, 0.717) is 12.4 Å². The first kappa shape index (κ1) is 22.1. The first-order valence-electron chi connectivity index (χ1n) is 9.23. The first-order chi connectivity index (χ1) is 14.0. The largest absolute Gasteiger partial charge is 0.494 e. The molecule has 2 rings (SSSR count). The maximum absolute atomic E-state index is 12.4. The highest BCUT2D eigenvalue weighted by atomic mass is 19.3. The lowest BCUT2D eigenvalue weighted by molar-refractivity contribution is -0.119. The summed E-state index contributed by atoms with van der Waals surface area (Å²) < 4.78 is 39.6. The summed E-state index contributed by atoms with van der Waals surface area (Å²) in [4.78, 5) is 24.0. The van der Waals surface area contributed by atoms with Gasteiger partial charge in [-0.3, -0.25) is 4.79 Å². The van der Waals surface area contributed by atoms with Crippen LogP contribution < -0.4 is 14.8 Å². The minimum Gasteiger partial charge on any atom is -0.494 e. The second kappa shape index (κ2) is 11.6. The fourth-order valence-electron chi connectivity index (χ4n) is 2.40. The number of alkyl halides is 2. The van der Waals surface area contributed by atoms with Gasteiger partial charge in [0, 0.05) is 0 Å². The molecule has 0 spiro atoms. The van der Waals surface area contributed by atoms with E-state index in [0.717, 1.165) is 19.3 Å². The second-order valence-electron chi connectivity index (χ2n) is 6.08. The summed E-state index contributed by atoms with van der Waals surface area (Å²) in [6, 6.07) is 12.1. The summed E-state index contributed by atoms with van der Waals surface area (Å²) in [5.74, 6) is -0.905. The minimum atomic E-state index is -3.02. The smallest absolute Gasteiger partial charge is 0.387 e. The Bertz CT molecular complexity index is 796. The van der Waals surface area contributed by atoms with Crippen molar-refractivity contribution < 1.29 is 32.6 Å². The van der Waals surface area contributed by atoms with Crippen LogP contribution in [0.4, 0.5) is 14.5 Å². The van der Waals surface area contributed by atoms with E-state index in [1.54, 1.807) is 30.3 Å². The number of hydrogen-bond donors (Lipinski definition) is 1. The molecular weight excluding hydrogens is 384 g/mol. The number of benzene rings is 2. The molecule has 0 aliphatic heterocycles. The van der Waals surface area contributed by atoms with E-state index in [1.165, 1.54) is 18.2 Å². The predicted octanol–water partition coefficient (Wildman–Crippen LogP) is 4.65. The third kappa shape index (κ3) is 7.77. The van der Waals surface area contributed by atoms with E-state index in [2.05, 4.69) is 17.0 Å². The summed E-state index contributed by atoms with van der Waals surface area (Å²) in [7, 11) is 0. The van der Waals surface area contributed by atoms with Crippen LogP contribution in [-0.2, 0) is 9.53 Å². The molecule has 0 aliphatic carbocycles. The Morgan fingerprint density at radius 3 is 2.45 bits per heavy atom. The molecular formula is C21H23F2NO5. The SMILES string of the molecule is CCCCCOc1ccc(C(=O)OCC(=O)Nc2ccccc2OC(F)F)cc1. The predicted molar refractivity (Wildman–Crippen MR) is 103 cm³/mol. The van der Waals surface area contributed by atoms with Gasteiger partial charge in [-0.2, -0.15) is 8.78 Å². The molecule has 156 valence electrons. The lowest BCUT2D eigenvalue weighted by Crippen LogP contribution is -2.21. The molecule has 0 bridgehead atoms. The Morgan fingerprint density at radius 1 is 1.03 bits per heavy atom. The molecule has 1 N–H and O–H groups in total. The monoisotopic (exact) mass is 407 g/mol. The maximum atomic E-state index is 12.4. The van der Waals surface area contributed by atoms with Gasteiger partial charge < -0.3 is 19.5 Å². The van der Waals surface area contributed by atoms with Crippen LogP contribution in [0.2, 0.25) is 0 Å². The van der Waals surface area contributed by atoms with E-state index in [-0.39, 0.29) is 17.0 Å². The molecule has 0 aromatic heterocycles. The number of hydrogen-bond acceptors (Lipinski definition) is 5. The van der Waals surface area contributed by atoms with Crippen molar-refractivity contribution in [1.82, 2.24) is 0 Å². The van der Waals surface area contributed by atoms with Crippen LogP contribution in [-0.4, -0.2) is 31.7 Å². The van der Waals surface area contributed by atoms with Gasteiger partial charge in [0.2, 0.25) is 0 Å². The third-order valence-electron chi connectivity index (χ3n) is 3.82. The Labute approximate surface area is 167 Å². The number of halogens is 2. The number of carbonyl (C=O) groups is 2. The molecule has 0 heterocycles. The molecule has 8 heteroatoms. The third-order valence-corrected chi connectivity index (χ3v) is 3.82. The van der Waals surface area contributed by atoms with E-state index in [1.807, 2.05) is 0 Å². The average molecular weight is 407 g/mol. The summed E-state index contributed by atoms with van der Waals surface area (Å²) in [5, 5.41) is 2.37. The number of amides is 1. The topological polar surface area (TPSA) is 73.9 Å². The molecule has 0 atom stereocenters. The van der Waals surface area contributed by atoms with Crippen molar-refractivity contribution in [3.8, 4) is 11.5 Å². The molecule has 29 heavy (non-hydrogen) atoms. The standard InChI is InChI=1S/C21H23F2NO5/c1-2-3-6-13-27-16-11-9-15(10-12-16)20(26)28-14-19(25)24-17-7-4-5-8-18(17)29-21(22)23/h4-5,7-12,21H,2-3,6,13-14H2,1H3,(H,24,25). The molecule has 2 aromatic carbocycles. The Kier molecular flexibility index (Phi) is 8.88. The van der Waals surface area contributed by atoms with E-state index in [9.17, 15) is 18.4 Å². The van der Waals surface area contributed by atoms with Gasteiger partial charge >= 0.3 is 12.6 Å². The lowest BCUT2D eigenvalue weighted by atomic mass is 10.2. The molecule has 0 fully saturated rings. The van der Waals surface area contributed by atoms with Crippen molar-refractivity contribution in [1.29, 1.82) is 0 Å². The van der Waals surface area contributed by atoms with Crippen LogP contribution in [0.25, 0.3) is 0 Å². The van der Waals surface area contributed by atoms with Gasteiger partial charge in [0.05, 0.1) is 17.9 Å². The van der Waals surface area contributed by atoms with Crippen molar-refractivity contribution in [2.75, 3.05) is 18.5 Å². The van der Waals surface area contributed by atoms with E-state index in [4.69, 9.17) is 9.47 Å². The molecule has 0 saturated carbocycles. The summed E-state index contributed by atoms with van der Waals surface area (Å²) in [6.07, 6.45) is 3.15.